The summed E-state index contributed by atoms with van der Waals surface area (Å²) in [5.41, 5.74) is 7.83. The van der Waals surface area contributed by atoms with E-state index in [2.05, 4.69) is 51.8 Å². The van der Waals surface area contributed by atoms with Crippen LogP contribution < -0.4 is 0 Å². The van der Waals surface area contributed by atoms with E-state index in [1.807, 2.05) is 12.4 Å². The van der Waals surface area contributed by atoms with Gasteiger partial charge in [0.05, 0.1) is 0 Å². The number of rotatable bonds is 2. The van der Waals surface area contributed by atoms with Crippen molar-refractivity contribution in [3.63, 3.8) is 0 Å². The van der Waals surface area contributed by atoms with Crippen LogP contribution in [0.1, 0.15) is 17.8 Å². The molecule has 1 aliphatic rings. The van der Waals surface area contributed by atoms with Gasteiger partial charge >= 0.3 is 0 Å². The Hall–Kier alpha value is -2.42. The minimum Gasteiger partial charge on any atom is -0.348 e. The van der Waals surface area contributed by atoms with Crippen molar-refractivity contribution in [2.24, 2.45) is 0 Å². The van der Waals surface area contributed by atoms with Crippen molar-refractivity contribution in [2.75, 3.05) is 0 Å². The molecule has 0 saturated carbocycles. The predicted octanol–water partition coefficient (Wildman–Crippen LogP) is 3.87. The largest absolute Gasteiger partial charge is 0.348 e. The SMILES string of the molecule is Cc1c(-c2cncnc2)c(-c2ccccc2)c2n1CCC2. The summed E-state index contributed by atoms with van der Waals surface area (Å²) < 4.78 is 2.46. The van der Waals surface area contributed by atoms with E-state index in [0.717, 1.165) is 18.5 Å². The Morgan fingerprint density at radius 1 is 0.952 bits per heavy atom. The smallest absolute Gasteiger partial charge is 0.115 e. The highest BCUT2D eigenvalue weighted by molar-refractivity contribution is 5.87. The van der Waals surface area contributed by atoms with Crippen molar-refractivity contribution in [3.05, 3.63) is 60.4 Å². The Bertz CT molecular complexity index is 773. The van der Waals surface area contributed by atoms with Crippen LogP contribution in [0.4, 0.5) is 0 Å². The van der Waals surface area contributed by atoms with Gasteiger partial charge in [0.15, 0.2) is 0 Å². The molecule has 0 N–H and O–H groups in total. The molecule has 1 aromatic carbocycles. The zero-order chi connectivity index (χ0) is 14.2. The third-order valence-electron chi connectivity index (χ3n) is 4.34. The van der Waals surface area contributed by atoms with Crippen LogP contribution in [0.15, 0.2) is 49.1 Å². The summed E-state index contributed by atoms with van der Waals surface area (Å²) in [6, 6.07) is 10.7. The Balaban J connectivity index is 2.03. The normalized spacial score (nSPS) is 13.4. The minimum atomic E-state index is 1.11. The van der Waals surface area contributed by atoms with Gasteiger partial charge in [0.25, 0.3) is 0 Å². The molecule has 104 valence electrons. The fourth-order valence-corrected chi connectivity index (χ4v) is 3.46. The van der Waals surface area contributed by atoms with Crippen molar-refractivity contribution < 1.29 is 0 Å². The number of hydrogen-bond donors (Lipinski definition) is 0. The summed E-state index contributed by atoms with van der Waals surface area (Å²) >= 11 is 0. The average molecular weight is 275 g/mol. The van der Waals surface area contributed by atoms with Crippen LogP contribution in [0.5, 0.6) is 0 Å². The van der Waals surface area contributed by atoms with Gasteiger partial charge < -0.3 is 4.57 Å². The van der Waals surface area contributed by atoms with Gasteiger partial charge in [0.1, 0.15) is 6.33 Å². The van der Waals surface area contributed by atoms with Crippen LogP contribution in [0.2, 0.25) is 0 Å². The molecule has 0 aliphatic carbocycles. The molecule has 4 rings (SSSR count). The van der Waals surface area contributed by atoms with E-state index >= 15 is 0 Å². The second-order valence-corrected chi connectivity index (χ2v) is 5.53. The van der Waals surface area contributed by atoms with E-state index in [1.54, 1.807) is 6.33 Å². The molecular weight excluding hydrogens is 258 g/mol. The van der Waals surface area contributed by atoms with Gasteiger partial charge in [-0.2, -0.15) is 0 Å². The number of fused-ring (bicyclic) bond motifs is 1. The molecule has 0 spiro atoms. The molecule has 0 atom stereocenters. The maximum Gasteiger partial charge on any atom is 0.115 e. The summed E-state index contributed by atoms with van der Waals surface area (Å²) in [4.78, 5) is 8.40. The molecule has 0 saturated heterocycles. The Kier molecular flexibility index (Phi) is 2.85. The Morgan fingerprint density at radius 3 is 2.48 bits per heavy atom. The zero-order valence-corrected chi connectivity index (χ0v) is 12.1. The molecule has 3 nitrogen and oxygen atoms in total. The van der Waals surface area contributed by atoms with Crippen molar-refractivity contribution in [2.45, 2.75) is 26.3 Å². The van der Waals surface area contributed by atoms with Crippen LogP contribution in [0.3, 0.4) is 0 Å². The third kappa shape index (κ3) is 1.88. The number of aromatic nitrogens is 3. The molecule has 1 aliphatic heterocycles. The molecule has 0 unspecified atom stereocenters. The van der Waals surface area contributed by atoms with Gasteiger partial charge in [0.2, 0.25) is 0 Å². The van der Waals surface area contributed by atoms with E-state index in [1.165, 1.54) is 34.5 Å². The summed E-state index contributed by atoms with van der Waals surface area (Å²) in [6.45, 7) is 3.33. The standard InChI is InChI=1S/C18H17N3/c1-13-17(15-10-19-12-20-11-15)18(14-6-3-2-4-7-14)16-8-5-9-21(13)16/h2-4,6-7,10-12H,5,8-9H2,1H3. The second-order valence-electron chi connectivity index (χ2n) is 5.53. The molecule has 0 fully saturated rings. The first-order valence-corrected chi connectivity index (χ1v) is 7.39. The van der Waals surface area contributed by atoms with Crippen molar-refractivity contribution in [1.29, 1.82) is 0 Å². The van der Waals surface area contributed by atoms with Gasteiger partial charge in [-0.3, -0.25) is 0 Å². The summed E-state index contributed by atoms with van der Waals surface area (Å²) in [5.74, 6) is 0. The Morgan fingerprint density at radius 2 is 1.71 bits per heavy atom. The summed E-state index contributed by atoms with van der Waals surface area (Å²) in [7, 11) is 0. The molecule has 0 bridgehead atoms. The van der Waals surface area contributed by atoms with Crippen LogP contribution >= 0.6 is 0 Å². The molecule has 21 heavy (non-hydrogen) atoms. The lowest BCUT2D eigenvalue weighted by atomic mass is 9.95. The molecular formula is C18H17N3. The first kappa shape index (κ1) is 12.3. The zero-order valence-electron chi connectivity index (χ0n) is 12.1. The number of nitrogens with zero attached hydrogens (tertiary/aromatic N) is 3. The average Bonchev–Trinajstić information content (AvgIpc) is 3.11. The van der Waals surface area contributed by atoms with Gasteiger partial charge in [0, 0.05) is 47.0 Å². The molecule has 0 radical (unpaired) electrons. The second kappa shape index (κ2) is 4.85. The predicted molar refractivity (Wildman–Crippen MR) is 84.0 cm³/mol. The van der Waals surface area contributed by atoms with Crippen molar-refractivity contribution in [3.8, 4) is 22.3 Å². The van der Waals surface area contributed by atoms with Crippen LogP contribution in [-0.4, -0.2) is 14.5 Å². The molecule has 3 heteroatoms. The van der Waals surface area contributed by atoms with Gasteiger partial charge in [-0.25, -0.2) is 9.97 Å². The monoisotopic (exact) mass is 275 g/mol. The van der Waals surface area contributed by atoms with Crippen LogP contribution in [-0.2, 0) is 13.0 Å². The fraction of sp³-hybridized carbons (Fsp3) is 0.222. The molecule has 0 amide bonds. The van der Waals surface area contributed by atoms with Crippen molar-refractivity contribution in [1.82, 2.24) is 14.5 Å². The van der Waals surface area contributed by atoms with E-state index in [-0.39, 0.29) is 0 Å². The van der Waals surface area contributed by atoms with E-state index in [0.29, 0.717) is 0 Å². The Labute approximate surface area is 124 Å². The summed E-state index contributed by atoms with van der Waals surface area (Å²) in [5, 5.41) is 0. The van der Waals surface area contributed by atoms with Crippen molar-refractivity contribution >= 4 is 0 Å². The quantitative estimate of drug-likeness (QED) is 0.711. The molecule has 2 aromatic heterocycles. The topological polar surface area (TPSA) is 30.7 Å². The lowest BCUT2D eigenvalue weighted by Crippen LogP contribution is -1.95. The van der Waals surface area contributed by atoms with E-state index in [4.69, 9.17) is 0 Å². The van der Waals surface area contributed by atoms with Crippen LogP contribution in [0.25, 0.3) is 22.3 Å². The maximum absolute atomic E-state index is 4.20. The first-order chi connectivity index (χ1) is 10.4. The highest BCUT2D eigenvalue weighted by Gasteiger charge is 2.25. The highest BCUT2D eigenvalue weighted by Crippen LogP contribution is 2.41. The summed E-state index contributed by atoms with van der Waals surface area (Å²) in [6.07, 6.45) is 7.81. The molecule has 3 aromatic rings. The van der Waals surface area contributed by atoms with Gasteiger partial charge in [-0.15, -0.1) is 0 Å². The fourth-order valence-electron chi connectivity index (χ4n) is 3.46. The lowest BCUT2D eigenvalue weighted by Gasteiger charge is -2.07. The third-order valence-corrected chi connectivity index (χ3v) is 4.34. The van der Waals surface area contributed by atoms with E-state index in [9.17, 15) is 0 Å². The van der Waals surface area contributed by atoms with Crippen LogP contribution in [0, 0.1) is 6.92 Å². The number of benzene rings is 1. The number of hydrogen-bond acceptors (Lipinski definition) is 2. The highest BCUT2D eigenvalue weighted by atomic mass is 15.0. The minimum absolute atomic E-state index is 1.11. The van der Waals surface area contributed by atoms with Gasteiger partial charge in [-0.05, 0) is 25.3 Å². The van der Waals surface area contributed by atoms with Gasteiger partial charge in [-0.1, -0.05) is 30.3 Å². The molecule has 3 heterocycles. The maximum atomic E-state index is 4.20. The van der Waals surface area contributed by atoms with E-state index < -0.39 is 0 Å². The first-order valence-electron chi connectivity index (χ1n) is 7.39. The lowest BCUT2D eigenvalue weighted by molar-refractivity contribution is 0.730.